The summed E-state index contributed by atoms with van der Waals surface area (Å²) in [5.41, 5.74) is 0. The van der Waals surface area contributed by atoms with Gasteiger partial charge < -0.3 is 15.2 Å². The summed E-state index contributed by atoms with van der Waals surface area (Å²) in [6.07, 6.45) is -0.465. The number of carboxylic acids is 1. The van der Waals surface area contributed by atoms with Crippen molar-refractivity contribution in [1.82, 2.24) is 10.2 Å². The lowest BCUT2D eigenvalue weighted by molar-refractivity contribution is -0.140. The summed E-state index contributed by atoms with van der Waals surface area (Å²) in [5.74, 6) is -1.54. The van der Waals surface area contributed by atoms with Crippen molar-refractivity contribution in [3.63, 3.8) is 0 Å². The Morgan fingerprint density at radius 3 is 2.62 bits per heavy atom. The molecule has 1 aliphatic rings. The van der Waals surface area contributed by atoms with Gasteiger partial charge >= 0.3 is 5.97 Å². The van der Waals surface area contributed by atoms with Crippen LogP contribution in [0.25, 0.3) is 0 Å². The van der Waals surface area contributed by atoms with Crippen molar-refractivity contribution in [3.8, 4) is 0 Å². The zero-order valence-corrected chi connectivity index (χ0v) is 9.44. The SMILES string of the molecule is CC(CN1CCOCC1)NC(=O)CC(=O)O. The summed E-state index contributed by atoms with van der Waals surface area (Å²) in [7, 11) is 0. The molecule has 0 aliphatic carbocycles. The first-order valence-corrected chi connectivity index (χ1v) is 5.39. The average Bonchev–Trinajstić information content (AvgIpc) is 2.17. The minimum atomic E-state index is -1.10. The molecule has 0 spiro atoms. The number of hydrogen-bond donors (Lipinski definition) is 2. The zero-order valence-electron chi connectivity index (χ0n) is 9.44. The van der Waals surface area contributed by atoms with Gasteiger partial charge in [-0.15, -0.1) is 0 Å². The Balaban J connectivity index is 2.21. The van der Waals surface area contributed by atoms with Gasteiger partial charge in [0.25, 0.3) is 0 Å². The fourth-order valence-electron chi connectivity index (χ4n) is 1.68. The van der Waals surface area contributed by atoms with Gasteiger partial charge in [0.05, 0.1) is 13.2 Å². The summed E-state index contributed by atoms with van der Waals surface area (Å²) in [5, 5.41) is 11.1. The van der Waals surface area contributed by atoms with E-state index < -0.39 is 18.3 Å². The van der Waals surface area contributed by atoms with Crippen LogP contribution in [0.3, 0.4) is 0 Å². The Labute approximate surface area is 94.6 Å². The van der Waals surface area contributed by atoms with E-state index in [2.05, 4.69) is 10.2 Å². The number of rotatable bonds is 5. The number of carbonyl (C=O) groups is 2. The molecule has 0 aromatic rings. The third kappa shape index (κ3) is 5.09. The van der Waals surface area contributed by atoms with Gasteiger partial charge in [-0.1, -0.05) is 0 Å². The summed E-state index contributed by atoms with van der Waals surface area (Å²) in [4.78, 5) is 23.7. The number of carboxylic acid groups (broad SMARTS) is 1. The van der Waals surface area contributed by atoms with Gasteiger partial charge in [-0.25, -0.2) is 0 Å². The Morgan fingerprint density at radius 1 is 1.44 bits per heavy atom. The topological polar surface area (TPSA) is 78.9 Å². The predicted molar refractivity (Wildman–Crippen MR) is 57.1 cm³/mol. The van der Waals surface area contributed by atoms with Gasteiger partial charge in [-0.3, -0.25) is 14.5 Å². The molecule has 6 nitrogen and oxygen atoms in total. The first-order chi connectivity index (χ1) is 7.58. The zero-order chi connectivity index (χ0) is 12.0. The molecule has 92 valence electrons. The first-order valence-electron chi connectivity index (χ1n) is 5.39. The van der Waals surface area contributed by atoms with Crippen molar-refractivity contribution in [2.24, 2.45) is 0 Å². The minimum Gasteiger partial charge on any atom is -0.481 e. The van der Waals surface area contributed by atoms with Crippen molar-refractivity contribution in [3.05, 3.63) is 0 Å². The van der Waals surface area contributed by atoms with E-state index >= 15 is 0 Å². The molecule has 1 unspecified atom stereocenters. The molecule has 0 bridgehead atoms. The standard InChI is InChI=1S/C10H18N2O4/c1-8(11-9(13)6-10(14)15)7-12-2-4-16-5-3-12/h8H,2-7H2,1H3,(H,11,13)(H,14,15). The minimum absolute atomic E-state index is 0.0371. The fourth-order valence-corrected chi connectivity index (χ4v) is 1.68. The molecule has 16 heavy (non-hydrogen) atoms. The molecule has 0 radical (unpaired) electrons. The average molecular weight is 230 g/mol. The van der Waals surface area contributed by atoms with Crippen LogP contribution >= 0.6 is 0 Å². The normalized spacial score (nSPS) is 19.1. The van der Waals surface area contributed by atoms with Crippen LogP contribution in [0.2, 0.25) is 0 Å². The highest BCUT2D eigenvalue weighted by Crippen LogP contribution is 1.98. The van der Waals surface area contributed by atoms with E-state index in [0.29, 0.717) is 0 Å². The number of carbonyl (C=O) groups excluding carboxylic acids is 1. The second kappa shape index (κ2) is 6.44. The van der Waals surface area contributed by atoms with Crippen LogP contribution in [0.15, 0.2) is 0 Å². The monoisotopic (exact) mass is 230 g/mol. The largest absolute Gasteiger partial charge is 0.481 e. The van der Waals surface area contributed by atoms with E-state index in [1.807, 2.05) is 6.92 Å². The Bertz CT molecular complexity index is 251. The third-order valence-corrected chi connectivity index (χ3v) is 2.35. The molecule has 1 atom stereocenters. The van der Waals surface area contributed by atoms with Crippen LogP contribution < -0.4 is 5.32 Å². The third-order valence-electron chi connectivity index (χ3n) is 2.35. The Kier molecular flexibility index (Phi) is 5.21. The molecular formula is C10H18N2O4. The van der Waals surface area contributed by atoms with E-state index in [1.165, 1.54) is 0 Å². The van der Waals surface area contributed by atoms with Crippen molar-refractivity contribution >= 4 is 11.9 Å². The Morgan fingerprint density at radius 2 is 2.06 bits per heavy atom. The molecule has 1 aliphatic heterocycles. The summed E-state index contributed by atoms with van der Waals surface area (Å²) in [6.45, 7) is 5.76. The number of nitrogens with zero attached hydrogens (tertiary/aromatic N) is 1. The summed E-state index contributed by atoms with van der Waals surface area (Å²) >= 11 is 0. The molecule has 6 heteroatoms. The van der Waals surface area contributed by atoms with Crippen LogP contribution in [-0.2, 0) is 14.3 Å². The van der Waals surface area contributed by atoms with E-state index in [4.69, 9.17) is 9.84 Å². The van der Waals surface area contributed by atoms with Gasteiger partial charge in [0, 0.05) is 25.7 Å². The maximum Gasteiger partial charge on any atom is 0.312 e. The first kappa shape index (κ1) is 12.9. The van der Waals surface area contributed by atoms with Crippen LogP contribution in [-0.4, -0.2) is 60.8 Å². The maximum atomic E-state index is 11.2. The second-order valence-electron chi connectivity index (χ2n) is 3.95. The number of amides is 1. The molecule has 2 N–H and O–H groups in total. The van der Waals surface area contributed by atoms with E-state index in [1.54, 1.807) is 0 Å². The van der Waals surface area contributed by atoms with Gasteiger partial charge in [-0.05, 0) is 6.92 Å². The van der Waals surface area contributed by atoms with Gasteiger partial charge in [0.1, 0.15) is 6.42 Å². The lowest BCUT2D eigenvalue weighted by Gasteiger charge is -2.29. The lowest BCUT2D eigenvalue weighted by atomic mass is 10.2. The summed E-state index contributed by atoms with van der Waals surface area (Å²) in [6, 6.07) is -0.0371. The highest BCUT2D eigenvalue weighted by atomic mass is 16.5. The van der Waals surface area contributed by atoms with Gasteiger partial charge in [-0.2, -0.15) is 0 Å². The van der Waals surface area contributed by atoms with E-state index in [9.17, 15) is 9.59 Å². The smallest absolute Gasteiger partial charge is 0.312 e. The van der Waals surface area contributed by atoms with Gasteiger partial charge in [0.15, 0.2) is 0 Å². The number of aliphatic carboxylic acids is 1. The number of ether oxygens (including phenoxy) is 1. The molecular weight excluding hydrogens is 212 g/mol. The van der Waals surface area contributed by atoms with Crippen LogP contribution in [0.5, 0.6) is 0 Å². The molecule has 1 fully saturated rings. The molecule has 1 amide bonds. The van der Waals surface area contributed by atoms with Crippen LogP contribution in [0.4, 0.5) is 0 Å². The molecule has 0 saturated carbocycles. The number of nitrogens with one attached hydrogen (secondary N) is 1. The molecule has 1 heterocycles. The highest BCUT2D eigenvalue weighted by Gasteiger charge is 2.16. The maximum absolute atomic E-state index is 11.2. The van der Waals surface area contributed by atoms with Crippen LogP contribution in [0.1, 0.15) is 13.3 Å². The van der Waals surface area contributed by atoms with Crippen molar-refractivity contribution in [1.29, 1.82) is 0 Å². The van der Waals surface area contributed by atoms with Crippen LogP contribution in [0, 0.1) is 0 Å². The highest BCUT2D eigenvalue weighted by molar-refractivity contribution is 5.93. The predicted octanol–water partition coefficient (Wildman–Crippen LogP) is -0.702. The quantitative estimate of drug-likeness (QED) is 0.610. The Hall–Kier alpha value is -1.14. The van der Waals surface area contributed by atoms with Crippen molar-refractivity contribution in [2.75, 3.05) is 32.8 Å². The van der Waals surface area contributed by atoms with Crippen molar-refractivity contribution < 1.29 is 19.4 Å². The fraction of sp³-hybridized carbons (Fsp3) is 0.800. The second-order valence-corrected chi connectivity index (χ2v) is 3.95. The molecule has 1 rings (SSSR count). The number of hydrogen-bond acceptors (Lipinski definition) is 4. The molecule has 1 saturated heterocycles. The molecule has 0 aromatic heterocycles. The van der Waals surface area contributed by atoms with E-state index in [0.717, 1.165) is 32.8 Å². The summed E-state index contributed by atoms with van der Waals surface area (Å²) < 4.78 is 5.21. The lowest BCUT2D eigenvalue weighted by Crippen LogP contribution is -2.46. The number of morpholine rings is 1. The van der Waals surface area contributed by atoms with Gasteiger partial charge in [0.2, 0.25) is 5.91 Å². The van der Waals surface area contributed by atoms with E-state index in [-0.39, 0.29) is 6.04 Å². The van der Waals surface area contributed by atoms with Crippen molar-refractivity contribution in [2.45, 2.75) is 19.4 Å². The molecule has 0 aromatic carbocycles.